The van der Waals surface area contributed by atoms with Crippen LogP contribution >= 0.6 is 0 Å². The number of carboxylic acids is 2. The van der Waals surface area contributed by atoms with Gasteiger partial charge in [-0.15, -0.1) is 0 Å². The molecule has 0 rings (SSSR count). The number of aliphatic carboxylic acids is 2. The minimum absolute atomic E-state index is 0.0132. The quantitative estimate of drug-likeness (QED) is 0.0160. The Morgan fingerprint density at radius 3 is 1.32 bits per heavy atom. The van der Waals surface area contributed by atoms with Crippen LogP contribution in [0.2, 0.25) is 0 Å². The van der Waals surface area contributed by atoms with Gasteiger partial charge in [0.1, 0.15) is 6.04 Å². The number of carbonyl (C=O) groups is 11. The summed E-state index contributed by atoms with van der Waals surface area (Å²) in [6.45, 7) is 3.02. The van der Waals surface area contributed by atoms with Gasteiger partial charge in [-0.05, 0) is 58.5 Å². The molecule has 414 valence electrons. The maximum atomic E-state index is 14.3. The highest BCUT2D eigenvalue weighted by molar-refractivity contribution is 5.98. The van der Waals surface area contributed by atoms with Crippen molar-refractivity contribution in [2.24, 2.45) is 62.3 Å². The Hall–Kier alpha value is -6.45. The molecule has 0 unspecified atom stereocenters. The summed E-state index contributed by atoms with van der Waals surface area (Å²) in [5.41, 5.74) is 27.6. The molecule has 0 fully saturated rings. The highest BCUT2D eigenvalue weighted by Gasteiger charge is 2.35. The number of nitrogens with one attached hydrogen (secondary N) is 5. The fraction of sp³-hybridized carbons (Fsp3) is 0.717. The number of aliphatic imine (C=N–C) groups is 2. The molecule has 0 aliphatic rings. The van der Waals surface area contributed by atoms with Crippen molar-refractivity contribution in [3.63, 3.8) is 0 Å². The number of nitrogens with two attached hydrogens (primary N) is 5. The van der Waals surface area contributed by atoms with E-state index in [1.54, 1.807) is 0 Å². The van der Waals surface area contributed by atoms with Crippen molar-refractivity contribution in [2.75, 3.05) is 39.9 Å². The third-order valence-corrected chi connectivity index (χ3v) is 11.8. The van der Waals surface area contributed by atoms with Crippen LogP contribution in [0.15, 0.2) is 9.98 Å². The van der Waals surface area contributed by atoms with Gasteiger partial charge in [0, 0.05) is 75.3 Å². The summed E-state index contributed by atoms with van der Waals surface area (Å²) in [6, 6.07) is -6.61. The Balaban J connectivity index is 6.76. The monoisotopic (exact) mass is 1040 g/mol. The topological polar surface area (TPSA) is 484 Å². The highest BCUT2D eigenvalue weighted by atomic mass is 16.4. The summed E-state index contributed by atoms with van der Waals surface area (Å²) in [4.78, 5) is 152. The van der Waals surface area contributed by atoms with Crippen molar-refractivity contribution in [2.45, 2.75) is 147 Å². The van der Waals surface area contributed by atoms with E-state index in [0.29, 0.717) is 12.8 Å². The second kappa shape index (κ2) is 36.5. The summed E-state index contributed by atoms with van der Waals surface area (Å²) < 4.78 is 0. The zero-order chi connectivity index (χ0) is 55.8. The number of aliphatic hydroxyl groups is 2. The molecular weight excluding hydrogens is 961 g/mol. The molecule has 0 radical (unpaired) electrons. The van der Waals surface area contributed by atoms with Gasteiger partial charge in [-0.1, -0.05) is 27.2 Å². The predicted octanol–water partition coefficient (Wildman–Crippen LogP) is -3.61. The molecule has 0 saturated carbocycles. The van der Waals surface area contributed by atoms with E-state index in [-0.39, 0.29) is 82.9 Å². The van der Waals surface area contributed by atoms with Crippen LogP contribution in [0.3, 0.4) is 0 Å². The Kier molecular flexibility index (Phi) is 33.2. The molecule has 0 aliphatic carbocycles. The largest absolute Gasteiger partial charge is 0.481 e. The van der Waals surface area contributed by atoms with Crippen LogP contribution in [-0.4, -0.2) is 167 Å². The number of unbranched alkanes of at least 4 members (excludes halogenated alkanes) is 1. The molecule has 0 spiro atoms. The van der Waals surface area contributed by atoms with Crippen molar-refractivity contribution in [1.29, 1.82) is 0 Å². The van der Waals surface area contributed by atoms with E-state index in [0.717, 1.165) is 0 Å². The van der Waals surface area contributed by atoms with E-state index < -0.39 is 164 Å². The number of amides is 4. The molecule has 0 heterocycles. The first-order valence-corrected chi connectivity index (χ1v) is 24.3. The van der Waals surface area contributed by atoms with E-state index in [9.17, 15) is 73.2 Å². The number of nitrogens with zero attached hydrogens (tertiary/aromatic N) is 2. The zero-order valence-electron chi connectivity index (χ0n) is 42.4. The molecule has 27 heteroatoms. The number of carboxylic acid groups (broad SMARTS) is 2. The summed E-state index contributed by atoms with van der Waals surface area (Å²) in [6.07, 6.45) is -2.68. The standard InChI is InChI=1S/C46H80N12O15/c1-5-34(61)31(22-40(68)69)57-42(71)26(3)19-36(63)33(24-60)58-44(73)28(11-8-16-53-45(48)49)21-37(64)29(12-9-17-54-46(50)51)56-43(72)27(10-6-7-15-47)20-38(65)30(13-14-39(66)67)55-41(70)25(2)18-35(62)32(23-59)52-4/h25-33,52,59-60H,5-24,47H2,1-4H3,(H,55,70)(H,56,72)(H,57,71)(H,58,73)(H,66,67)(H,68,69)(H4,48,49,53)(H4,50,51,54)/t25-,26-,27-,28-,29+,30+,31+,32+,33+/m1/s1. The molecule has 0 aliphatic heterocycles. The smallest absolute Gasteiger partial charge is 0.305 e. The second-order valence-corrected chi connectivity index (χ2v) is 17.9. The van der Waals surface area contributed by atoms with Gasteiger partial charge in [-0.25, -0.2) is 0 Å². The number of rotatable bonds is 42. The highest BCUT2D eigenvalue weighted by Crippen LogP contribution is 2.21. The first kappa shape index (κ1) is 66.6. The predicted molar refractivity (Wildman–Crippen MR) is 266 cm³/mol. The lowest BCUT2D eigenvalue weighted by molar-refractivity contribution is -0.141. The fourth-order valence-corrected chi connectivity index (χ4v) is 7.43. The van der Waals surface area contributed by atoms with Crippen LogP contribution in [-0.2, 0) is 52.7 Å². The number of aliphatic hydroxyl groups excluding tert-OH is 2. The van der Waals surface area contributed by atoms with Crippen molar-refractivity contribution in [3.05, 3.63) is 0 Å². The lowest BCUT2D eigenvalue weighted by Crippen LogP contribution is -2.49. The molecule has 27 nitrogen and oxygen atoms in total. The van der Waals surface area contributed by atoms with Crippen molar-refractivity contribution in [3.8, 4) is 0 Å². The first-order chi connectivity index (χ1) is 34.3. The number of Topliss-reactive ketones (excluding diaryl/α,β-unsaturated/α-hetero) is 5. The van der Waals surface area contributed by atoms with Gasteiger partial charge in [-0.2, -0.15) is 0 Å². The Labute approximate surface area is 424 Å². The Bertz CT molecular complexity index is 1920. The third-order valence-electron chi connectivity index (χ3n) is 11.8. The maximum Gasteiger partial charge on any atom is 0.305 e. The SMILES string of the molecule is CCC(=O)[C@H](CC(=O)O)NC(=O)[C@H](C)CC(=O)[C@H](CO)NC(=O)[C@H](CCCN=C(N)N)CC(=O)[C@H](CCCN=C(N)N)NC(=O)[C@H](CCCCN)CC(=O)[C@H](CCC(=O)O)NC(=O)[C@H](C)CC(=O)[C@H](CO)NC. The number of hydrogen-bond donors (Lipinski definition) is 14. The van der Waals surface area contributed by atoms with Crippen LogP contribution in [0.1, 0.15) is 117 Å². The molecule has 0 aromatic heterocycles. The van der Waals surface area contributed by atoms with Crippen LogP contribution in [0, 0.1) is 23.7 Å². The molecule has 19 N–H and O–H groups in total. The number of carbonyl (C=O) groups excluding carboxylic acids is 9. The number of hydrogen-bond acceptors (Lipinski definition) is 17. The molecule has 0 aromatic carbocycles. The van der Waals surface area contributed by atoms with E-state index in [1.807, 2.05) is 0 Å². The fourth-order valence-electron chi connectivity index (χ4n) is 7.43. The molecular formula is C46H80N12O15. The van der Waals surface area contributed by atoms with Gasteiger partial charge in [-0.3, -0.25) is 62.7 Å². The van der Waals surface area contributed by atoms with Gasteiger partial charge in [0.05, 0.1) is 43.8 Å². The van der Waals surface area contributed by atoms with Crippen molar-refractivity contribution < 1.29 is 73.2 Å². The summed E-state index contributed by atoms with van der Waals surface area (Å²) in [5, 5.41) is 50.9. The van der Waals surface area contributed by atoms with Gasteiger partial charge >= 0.3 is 11.9 Å². The second-order valence-electron chi connectivity index (χ2n) is 17.9. The van der Waals surface area contributed by atoms with Gasteiger partial charge < -0.3 is 75.7 Å². The van der Waals surface area contributed by atoms with Crippen LogP contribution in [0.5, 0.6) is 0 Å². The summed E-state index contributed by atoms with van der Waals surface area (Å²) in [7, 11) is 1.45. The van der Waals surface area contributed by atoms with E-state index in [4.69, 9.17) is 28.7 Å². The summed E-state index contributed by atoms with van der Waals surface area (Å²) >= 11 is 0. The van der Waals surface area contributed by atoms with E-state index in [2.05, 4.69) is 36.6 Å². The average molecular weight is 1040 g/mol. The number of guanidine groups is 2. The van der Waals surface area contributed by atoms with Gasteiger partial charge in [0.15, 0.2) is 40.8 Å². The normalized spacial score (nSPS) is 14.7. The number of likely N-dealkylation sites (N-methyl/N-ethyl adjacent to an activating group) is 1. The summed E-state index contributed by atoms with van der Waals surface area (Å²) in [5.74, 6) is -14.1. The average Bonchev–Trinajstić information content (AvgIpc) is 3.32. The molecule has 0 bridgehead atoms. The lowest BCUT2D eigenvalue weighted by Gasteiger charge is -2.26. The molecule has 0 aromatic rings. The molecule has 0 saturated heterocycles. The minimum Gasteiger partial charge on any atom is -0.481 e. The minimum atomic E-state index is -1.58. The number of ketones is 5. The van der Waals surface area contributed by atoms with Crippen molar-refractivity contribution >= 4 is 76.4 Å². The molecule has 73 heavy (non-hydrogen) atoms. The first-order valence-electron chi connectivity index (χ1n) is 24.3. The van der Waals surface area contributed by atoms with Crippen LogP contribution in [0.4, 0.5) is 0 Å². The van der Waals surface area contributed by atoms with E-state index in [1.165, 1.54) is 27.8 Å². The third kappa shape index (κ3) is 27.8. The Morgan fingerprint density at radius 2 is 0.890 bits per heavy atom. The van der Waals surface area contributed by atoms with Gasteiger partial charge in [0.25, 0.3) is 0 Å². The Morgan fingerprint density at radius 1 is 0.479 bits per heavy atom. The zero-order valence-corrected chi connectivity index (χ0v) is 42.4. The van der Waals surface area contributed by atoms with Crippen LogP contribution in [0.25, 0.3) is 0 Å². The van der Waals surface area contributed by atoms with Crippen molar-refractivity contribution in [1.82, 2.24) is 26.6 Å². The van der Waals surface area contributed by atoms with Gasteiger partial charge in [0.2, 0.25) is 23.6 Å². The van der Waals surface area contributed by atoms with E-state index >= 15 is 0 Å². The lowest BCUT2D eigenvalue weighted by atomic mass is 9.89. The maximum absolute atomic E-state index is 14.3. The van der Waals surface area contributed by atoms with Crippen LogP contribution < -0.4 is 55.3 Å². The molecule has 9 atom stereocenters. The molecule has 4 amide bonds.